The summed E-state index contributed by atoms with van der Waals surface area (Å²) in [5, 5.41) is 3.41. The lowest BCUT2D eigenvalue weighted by Crippen LogP contribution is -2.31. The Morgan fingerprint density at radius 2 is 2.04 bits per heavy atom. The number of benzene rings is 1. The lowest BCUT2D eigenvalue weighted by molar-refractivity contribution is -0.125. The van der Waals surface area contributed by atoms with Gasteiger partial charge in [0.25, 0.3) is 5.91 Å². The van der Waals surface area contributed by atoms with Gasteiger partial charge in [-0.1, -0.05) is 18.2 Å². The molecule has 0 radical (unpaired) electrons. The molecule has 1 amide bonds. The maximum absolute atomic E-state index is 12.4. The van der Waals surface area contributed by atoms with Gasteiger partial charge in [-0.15, -0.1) is 0 Å². The van der Waals surface area contributed by atoms with Crippen molar-refractivity contribution in [1.29, 1.82) is 0 Å². The summed E-state index contributed by atoms with van der Waals surface area (Å²) >= 11 is 0. The fraction of sp³-hybridized carbons (Fsp3) is 0.211. The number of furan rings is 1. The molecule has 2 aromatic heterocycles. The van der Waals surface area contributed by atoms with Crippen molar-refractivity contribution in [3.8, 4) is 0 Å². The molecule has 2 heterocycles. The highest BCUT2D eigenvalue weighted by Gasteiger charge is 2.16. The minimum absolute atomic E-state index is 0.301. The molecular formula is C19H18N2O4. The van der Waals surface area contributed by atoms with Crippen molar-refractivity contribution in [1.82, 2.24) is 10.3 Å². The number of hydrogen-bond donors (Lipinski definition) is 1. The summed E-state index contributed by atoms with van der Waals surface area (Å²) < 4.78 is 10.4. The van der Waals surface area contributed by atoms with Gasteiger partial charge in [0, 0.05) is 11.1 Å². The minimum atomic E-state index is -0.553. The minimum Gasteiger partial charge on any atom is -0.467 e. The molecule has 0 aliphatic heterocycles. The Morgan fingerprint density at radius 3 is 2.80 bits per heavy atom. The number of para-hydroxylation sites is 1. The molecule has 1 aromatic carbocycles. The number of amides is 1. The quantitative estimate of drug-likeness (QED) is 0.723. The third-order valence-electron chi connectivity index (χ3n) is 3.75. The lowest BCUT2D eigenvalue weighted by atomic mass is 10.1. The number of nitrogens with zero attached hydrogens (tertiary/aromatic N) is 1. The number of aromatic nitrogens is 1. The summed E-state index contributed by atoms with van der Waals surface area (Å²) in [6, 6.07) is 12.2. The van der Waals surface area contributed by atoms with Gasteiger partial charge in [0.1, 0.15) is 5.76 Å². The molecule has 128 valence electrons. The largest absolute Gasteiger partial charge is 0.467 e. The van der Waals surface area contributed by atoms with Crippen molar-refractivity contribution in [2.24, 2.45) is 0 Å². The van der Waals surface area contributed by atoms with Crippen molar-refractivity contribution in [2.75, 3.05) is 6.61 Å². The highest BCUT2D eigenvalue weighted by molar-refractivity contribution is 6.04. The SMILES string of the molecule is Cc1cc(C(=O)OCC(=O)N[C@H](C)c2ccco2)c2ccccc2n1. The number of fused-ring (bicyclic) bond motifs is 1. The first-order valence-electron chi connectivity index (χ1n) is 7.91. The normalized spacial score (nSPS) is 11.9. The molecule has 0 aliphatic carbocycles. The molecule has 6 nitrogen and oxygen atoms in total. The Hall–Kier alpha value is -3.15. The van der Waals surface area contributed by atoms with Gasteiger partial charge in [0.15, 0.2) is 6.61 Å². The zero-order valence-corrected chi connectivity index (χ0v) is 14.0. The molecule has 6 heteroatoms. The van der Waals surface area contributed by atoms with Crippen LogP contribution in [-0.4, -0.2) is 23.5 Å². The number of aryl methyl sites for hydroxylation is 1. The molecular weight excluding hydrogens is 320 g/mol. The van der Waals surface area contributed by atoms with Crippen LogP contribution < -0.4 is 5.32 Å². The average Bonchev–Trinajstić information content (AvgIpc) is 3.13. The Kier molecular flexibility index (Phi) is 4.79. The molecule has 0 saturated carbocycles. The van der Waals surface area contributed by atoms with Crippen LogP contribution in [0.15, 0.2) is 53.1 Å². The fourth-order valence-electron chi connectivity index (χ4n) is 2.58. The molecule has 0 saturated heterocycles. The Labute approximate surface area is 144 Å². The number of esters is 1. The van der Waals surface area contributed by atoms with Gasteiger partial charge in [0.2, 0.25) is 0 Å². The average molecular weight is 338 g/mol. The van der Waals surface area contributed by atoms with Crippen LogP contribution in [0.5, 0.6) is 0 Å². The van der Waals surface area contributed by atoms with Crippen LogP contribution in [0.2, 0.25) is 0 Å². The zero-order chi connectivity index (χ0) is 17.8. The Balaban J connectivity index is 1.66. The van der Waals surface area contributed by atoms with Crippen LogP contribution in [0.3, 0.4) is 0 Å². The lowest BCUT2D eigenvalue weighted by Gasteiger charge is -2.12. The fourth-order valence-corrected chi connectivity index (χ4v) is 2.58. The smallest absolute Gasteiger partial charge is 0.339 e. The monoisotopic (exact) mass is 338 g/mol. The molecule has 0 fully saturated rings. The van der Waals surface area contributed by atoms with Gasteiger partial charge >= 0.3 is 5.97 Å². The molecule has 0 spiro atoms. The van der Waals surface area contributed by atoms with Crippen molar-refractivity contribution in [2.45, 2.75) is 19.9 Å². The van der Waals surface area contributed by atoms with Crippen LogP contribution in [0.25, 0.3) is 10.9 Å². The van der Waals surface area contributed by atoms with Crippen LogP contribution in [0.4, 0.5) is 0 Å². The summed E-state index contributed by atoms with van der Waals surface area (Å²) in [5.74, 6) is -0.315. The molecule has 3 aromatic rings. The molecule has 25 heavy (non-hydrogen) atoms. The third-order valence-corrected chi connectivity index (χ3v) is 3.75. The standard InChI is InChI=1S/C19H18N2O4/c1-12-10-15(14-6-3-4-7-16(14)20-12)19(23)25-11-18(22)21-13(2)17-8-5-9-24-17/h3-10,13H,11H2,1-2H3,(H,21,22)/t13-/m1/s1. The summed E-state index contributed by atoms with van der Waals surface area (Å²) in [7, 11) is 0. The molecule has 0 bridgehead atoms. The van der Waals surface area contributed by atoms with Crippen LogP contribution in [-0.2, 0) is 9.53 Å². The van der Waals surface area contributed by atoms with E-state index < -0.39 is 11.9 Å². The van der Waals surface area contributed by atoms with Crippen molar-refractivity contribution >= 4 is 22.8 Å². The van der Waals surface area contributed by atoms with E-state index in [-0.39, 0.29) is 12.6 Å². The number of carbonyl (C=O) groups excluding carboxylic acids is 2. The van der Waals surface area contributed by atoms with Crippen LogP contribution >= 0.6 is 0 Å². The van der Waals surface area contributed by atoms with E-state index in [2.05, 4.69) is 10.3 Å². The highest BCUT2D eigenvalue weighted by Crippen LogP contribution is 2.19. The van der Waals surface area contributed by atoms with Crippen molar-refractivity contribution in [3.05, 3.63) is 65.7 Å². The molecule has 1 atom stereocenters. The number of carbonyl (C=O) groups is 2. The molecule has 1 N–H and O–H groups in total. The van der Waals surface area contributed by atoms with E-state index in [0.717, 1.165) is 0 Å². The van der Waals surface area contributed by atoms with Gasteiger partial charge in [-0.2, -0.15) is 0 Å². The summed E-state index contributed by atoms with van der Waals surface area (Å²) in [6.07, 6.45) is 1.54. The maximum atomic E-state index is 12.4. The predicted octanol–water partition coefficient (Wildman–Crippen LogP) is 3.17. The van der Waals surface area contributed by atoms with Crippen molar-refractivity contribution < 1.29 is 18.7 Å². The first-order valence-corrected chi connectivity index (χ1v) is 7.91. The Bertz CT molecular complexity index is 903. The van der Waals surface area contributed by atoms with Gasteiger partial charge in [-0.05, 0) is 38.1 Å². The summed E-state index contributed by atoms with van der Waals surface area (Å²) in [4.78, 5) is 28.7. The van der Waals surface area contributed by atoms with Gasteiger partial charge < -0.3 is 14.5 Å². The second-order valence-corrected chi connectivity index (χ2v) is 5.71. The number of nitrogens with one attached hydrogen (secondary N) is 1. The van der Waals surface area contributed by atoms with Crippen LogP contribution in [0.1, 0.15) is 34.8 Å². The van der Waals surface area contributed by atoms with E-state index >= 15 is 0 Å². The number of ether oxygens (including phenoxy) is 1. The summed E-state index contributed by atoms with van der Waals surface area (Å²) in [6.45, 7) is 3.23. The second kappa shape index (κ2) is 7.17. The molecule has 0 unspecified atom stereocenters. The first-order chi connectivity index (χ1) is 12.0. The zero-order valence-electron chi connectivity index (χ0n) is 14.0. The van der Waals surface area contributed by atoms with E-state index in [4.69, 9.17) is 9.15 Å². The first kappa shape index (κ1) is 16.7. The van der Waals surface area contributed by atoms with E-state index in [1.54, 1.807) is 38.1 Å². The maximum Gasteiger partial charge on any atom is 0.339 e. The Morgan fingerprint density at radius 1 is 1.24 bits per heavy atom. The van der Waals surface area contributed by atoms with E-state index in [1.807, 2.05) is 18.2 Å². The third kappa shape index (κ3) is 3.85. The molecule has 0 aliphatic rings. The summed E-state index contributed by atoms with van der Waals surface area (Å²) in [5.41, 5.74) is 1.82. The van der Waals surface area contributed by atoms with E-state index in [0.29, 0.717) is 27.9 Å². The number of pyridine rings is 1. The van der Waals surface area contributed by atoms with Gasteiger partial charge in [-0.3, -0.25) is 9.78 Å². The van der Waals surface area contributed by atoms with Gasteiger partial charge in [-0.25, -0.2) is 4.79 Å². The molecule has 3 rings (SSSR count). The van der Waals surface area contributed by atoms with Gasteiger partial charge in [0.05, 0.1) is 23.4 Å². The van der Waals surface area contributed by atoms with E-state index in [1.165, 1.54) is 6.26 Å². The second-order valence-electron chi connectivity index (χ2n) is 5.71. The predicted molar refractivity (Wildman–Crippen MR) is 92.0 cm³/mol. The van der Waals surface area contributed by atoms with E-state index in [9.17, 15) is 9.59 Å². The highest BCUT2D eigenvalue weighted by atomic mass is 16.5. The number of rotatable bonds is 5. The van der Waals surface area contributed by atoms with Crippen molar-refractivity contribution in [3.63, 3.8) is 0 Å². The topological polar surface area (TPSA) is 81.4 Å². The van der Waals surface area contributed by atoms with Crippen LogP contribution in [0, 0.1) is 6.92 Å². The number of hydrogen-bond acceptors (Lipinski definition) is 5.